The third kappa shape index (κ3) is 3.81. The number of benzene rings is 1. The average Bonchev–Trinajstić information content (AvgIpc) is 2.65. The van der Waals surface area contributed by atoms with E-state index in [1.54, 1.807) is 6.08 Å². The van der Waals surface area contributed by atoms with Crippen molar-refractivity contribution in [2.75, 3.05) is 0 Å². The third-order valence-electron chi connectivity index (χ3n) is 1.80. The highest BCUT2D eigenvalue weighted by Crippen LogP contribution is 2.15. The first-order chi connectivity index (χ1) is 7.29. The summed E-state index contributed by atoms with van der Waals surface area (Å²) in [5.41, 5.74) is 2.54. The number of hydrogen-bond acceptors (Lipinski definition) is 1. The van der Waals surface area contributed by atoms with Crippen LogP contribution in [0.2, 0.25) is 0 Å². The third-order valence-corrected chi connectivity index (χ3v) is 1.80. The largest absolute Gasteiger partial charge is 0.361 e. The minimum absolute atomic E-state index is 1.22. The number of nitrogens with one attached hydrogen (secondary N) is 1. The van der Waals surface area contributed by atoms with Crippen molar-refractivity contribution in [1.29, 1.82) is 0 Å². The number of hydrogen-bond donors (Lipinski definition) is 1. The topological polar surface area (TPSA) is 32.9 Å². The second kappa shape index (κ2) is 7.56. The molecule has 2 heteroatoms. The highest BCUT2D eigenvalue weighted by Gasteiger charge is 1.94. The van der Waals surface area contributed by atoms with Gasteiger partial charge >= 0.3 is 0 Å². The van der Waals surface area contributed by atoms with E-state index in [0.717, 1.165) is 0 Å². The van der Waals surface area contributed by atoms with Gasteiger partial charge in [-0.3, -0.25) is 0 Å². The molecule has 0 atom stereocenters. The molecule has 0 saturated heterocycles. The number of aromatic nitrogens is 1. The van der Waals surface area contributed by atoms with Crippen molar-refractivity contribution in [3.8, 4) is 0 Å². The van der Waals surface area contributed by atoms with Crippen LogP contribution in [0, 0.1) is 6.92 Å². The number of H-pyrrole nitrogens is 1. The van der Waals surface area contributed by atoms with Crippen LogP contribution in [-0.4, -0.2) is 11.8 Å². The summed E-state index contributed by atoms with van der Waals surface area (Å²) in [7, 11) is 0. The SMILES string of the molecule is C=CC.C=O.Cc1c[nH]c2ccccc12. The lowest BCUT2D eigenvalue weighted by Crippen LogP contribution is -1.64. The molecule has 15 heavy (non-hydrogen) atoms. The lowest BCUT2D eigenvalue weighted by atomic mass is 10.2. The van der Waals surface area contributed by atoms with Crippen molar-refractivity contribution < 1.29 is 4.79 Å². The zero-order valence-corrected chi connectivity index (χ0v) is 9.29. The van der Waals surface area contributed by atoms with Crippen molar-refractivity contribution in [2.24, 2.45) is 0 Å². The molecule has 2 rings (SSSR count). The minimum Gasteiger partial charge on any atom is -0.361 e. The molecule has 0 saturated carbocycles. The Kier molecular flexibility index (Phi) is 6.64. The molecule has 0 aliphatic heterocycles. The molecule has 0 bridgehead atoms. The molecule has 0 amide bonds. The normalized spacial score (nSPS) is 8.13. The van der Waals surface area contributed by atoms with Crippen LogP contribution in [0.4, 0.5) is 0 Å². The van der Waals surface area contributed by atoms with Crippen LogP contribution in [0.15, 0.2) is 43.1 Å². The van der Waals surface area contributed by atoms with Crippen LogP contribution in [0.5, 0.6) is 0 Å². The summed E-state index contributed by atoms with van der Waals surface area (Å²) in [6.45, 7) is 9.36. The van der Waals surface area contributed by atoms with Crippen LogP contribution in [0.1, 0.15) is 12.5 Å². The molecule has 0 unspecified atom stereocenters. The molecule has 1 aromatic carbocycles. The van der Waals surface area contributed by atoms with Crippen LogP contribution in [0.25, 0.3) is 10.9 Å². The van der Waals surface area contributed by atoms with Gasteiger partial charge in [0, 0.05) is 17.1 Å². The fourth-order valence-electron chi connectivity index (χ4n) is 1.22. The van der Waals surface area contributed by atoms with E-state index in [2.05, 4.69) is 36.7 Å². The van der Waals surface area contributed by atoms with Crippen molar-refractivity contribution in [2.45, 2.75) is 13.8 Å². The first-order valence-corrected chi connectivity index (χ1v) is 4.68. The Morgan fingerprint density at radius 2 is 1.80 bits per heavy atom. The second-order valence-electron chi connectivity index (χ2n) is 2.93. The summed E-state index contributed by atoms with van der Waals surface area (Å²) in [6.07, 6.45) is 3.78. The van der Waals surface area contributed by atoms with Gasteiger partial charge in [0.05, 0.1) is 0 Å². The van der Waals surface area contributed by atoms with Gasteiger partial charge in [0.1, 0.15) is 6.79 Å². The lowest BCUT2D eigenvalue weighted by molar-refractivity contribution is -0.0979. The van der Waals surface area contributed by atoms with Crippen molar-refractivity contribution in [1.82, 2.24) is 4.98 Å². The zero-order chi connectivity index (χ0) is 11.7. The number of allylic oxidation sites excluding steroid dienone is 1. The van der Waals surface area contributed by atoms with Crippen molar-refractivity contribution >= 4 is 17.7 Å². The van der Waals surface area contributed by atoms with E-state index in [0.29, 0.717) is 0 Å². The molecule has 0 fully saturated rings. The van der Waals surface area contributed by atoms with E-state index >= 15 is 0 Å². The number of fused-ring (bicyclic) bond motifs is 1. The predicted molar refractivity (Wildman–Crippen MR) is 66.0 cm³/mol. The molecule has 1 aromatic heterocycles. The lowest BCUT2D eigenvalue weighted by Gasteiger charge is -1.86. The van der Waals surface area contributed by atoms with Gasteiger partial charge in [0.15, 0.2) is 0 Å². The van der Waals surface area contributed by atoms with Crippen molar-refractivity contribution in [3.63, 3.8) is 0 Å². The summed E-state index contributed by atoms with van der Waals surface area (Å²) < 4.78 is 0. The Labute approximate surface area is 90.6 Å². The van der Waals surface area contributed by atoms with E-state index in [1.165, 1.54) is 16.5 Å². The molecule has 1 N–H and O–H groups in total. The summed E-state index contributed by atoms with van der Waals surface area (Å²) in [5.74, 6) is 0. The molecule has 2 aromatic rings. The van der Waals surface area contributed by atoms with Gasteiger partial charge in [-0.25, -0.2) is 0 Å². The number of para-hydroxylation sites is 1. The van der Waals surface area contributed by atoms with E-state index in [4.69, 9.17) is 4.79 Å². The Balaban J connectivity index is 0.000000342. The molecule has 0 radical (unpaired) electrons. The van der Waals surface area contributed by atoms with Crippen LogP contribution >= 0.6 is 0 Å². The van der Waals surface area contributed by atoms with Crippen LogP contribution < -0.4 is 0 Å². The van der Waals surface area contributed by atoms with Gasteiger partial charge < -0.3 is 9.78 Å². The monoisotopic (exact) mass is 203 g/mol. The van der Waals surface area contributed by atoms with Gasteiger partial charge in [-0.2, -0.15) is 0 Å². The molecule has 0 aliphatic carbocycles. The number of aryl methyl sites for hydroxylation is 1. The number of rotatable bonds is 0. The van der Waals surface area contributed by atoms with Gasteiger partial charge in [-0.15, -0.1) is 6.58 Å². The van der Waals surface area contributed by atoms with E-state index in [9.17, 15) is 0 Å². The standard InChI is InChI=1S/C9H9N.C3H6.CH2O/c1-7-6-10-9-5-3-2-4-8(7)9;1-3-2;1-2/h2-6,10H,1H3;3H,1H2,2H3;1H2. The van der Waals surface area contributed by atoms with Crippen LogP contribution in [-0.2, 0) is 4.79 Å². The highest BCUT2D eigenvalue weighted by molar-refractivity contribution is 5.82. The summed E-state index contributed by atoms with van der Waals surface area (Å²) in [4.78, 5) is 11.2. The Bertz CT molecular complexity index is 404. The van der Waals surface area contributed by atoms with Crippen molar-refractivity contribution in [3.05, 3.63) is 48.7 Å². The molecular formula is C13H17NO. The Hall–Kier alpha value is -1.83. The number of carbonyl (C=O) groups excluding carboxylic acids is 1. The number of aromatic amines is 1. The second-order valence-corrected chi connectivity index (χ2v) is 2.93. The number of carbonyl (C=O) groups is 1. The molecule has 0 aliphatic rings. The molecule has 80 valence electrons. The Morgan fingerprint density at radius 1 is 1.27 bits per heavy atom. The molecule has 2 nitrogen and oxygen atoms in total. The summed E-state index contributed by atoms with van der Waals surface area (Å²) >= 11 is 0. The quantitative estimate of drug-likeness (QED) is 0.653. The molecule has 0 spiro atoms. The van der Waals surface area contributed by atoms with E-state index < -0.39 is 0 Å². The van der Waals surface area contributed by atoms with E-state index in [-0.39, 0.29) is 0 Å². The van der Waals surface area contributed by atoms with Crippen LogP contribution in [0.3, 0.4) is 0 Å². The summed E-state index contributed by atoms with van der Waals surface area (Å²) in [5, 5.41) is 1.32. The zero-order valence-electron chi connectivity index (χ0n) is 9.29. The maximum Gasteiger partial charge on any atom is 0.106 e. The fraction of sp³-hybridized carbons (Fsp3) is 0.154. The highest BCUT2D eigenvalue weighted by atomic mass is 16.1. The molecule has 1 heterocycles. The first-order valence-electron chi connectivity index (χ1n) is 4.68. The van der Waals surface area contributed by atoms with Gasteiger partial charge in [0.25, 0.3) is 0 Å². The first kappa shape index (κ1) is 13.2. The maximum absolute atomic E-state index is 8.00. The Morgan fingerprint density at radius 3 is 2.33 bits per heavy atom. The fourth-order valence-corrected chi connectivity index (χ4v) is 1.22. The molecular weight excluding hydrogens is 186 g/mol. The predicted octanol–water partition coefficient (Wildman–Crippen LogP) is 3.48. The van der Waals surface area contributed by atoms with Gasteiger partial charge in [-0.1, -0.05) is 24.3 Å². The minimum atomic E-state index is 1.22. The maximum atomic E-state index is 8.00. The smallest absolute Gasteiger partial charge is 0.106 e. The van der Waals surface area contributed by atoms with Gasteiger partial charge in [0.2, 0.25) is 0 Å². The van der Waals surface area contributed by atoms with E-state index in [1.807, 2.05) is 26.0 Å². The average molecular weight is 203 g/mol. The summed E-state index contributed by atoms with van der Waals surface area (Å²) in [6, 6.07) is 8.31. The van der Waals surface area contributed by atoms with Gasteiger partial charge in [-0.05, 0) is 25.5 Å².